The normalized spacial score (nSPS) is 13.9. The summed E-state index contributed by atoms with van der Waals surface area (Å²) in [6, 6.07) is 2.89. The first-order valence-electron chi connectivity index (χ1n) is 6.60. The minimum absolute atomic E-state index is 0.314. The van der Waals surface area contributed by atoms with Crippen molar-refractivity contribution in [3.63, 3.8) is 0 Å². The number of urea groups is 1. The SMILES string of the molecule is Cc1ccc(Cl)c(NC(=O)N(CC(=O)O)CC2CC2)c1Cl. The highest BCUT2D eigenvalue weighted by Crippen LogP contribution is 2.34. The van der Waals surface area contributed by atoms with Crippen LogP contribution in [0.4, 0.5) is 10.5 Å². The monoisotopic (exact) mass is 330 g/mol. The topological polar surface area (TPSA) is 69.6 Å². The van der Waals surface area contributed by atoms with E-state index in [1.54, 1.807) is 19.1 Å². The molecule has 0 heterocycles. The molecule has 7 heteroatoms. The van der Waals surface area contributed by atoms with Crippen LogP contribution in [0, 0.1) is 12.8 Å². The van der Waals surface area contributed by atoms with Gasteiger partial charge in [-0.25, -0.2) is 4.79 Å². The fourth-order valence-electron chi connectivity index (χ4n) is 1.95. The van der Waals surface area contributed by atoms with E-state index in [2.05, 4.69) is 5.32 Å². The van der Waals surface area contributed by atoms with Crippen LogP contribution in [0.25, 0.3) is 0 Å². The van der Waals surface area contributed by atoms with Crippen LogP contribution in [0.3, 0.4) is 0 Å². The van der Waals surface area contributed by atoms with Gasteiger partial charge in [0, 0.05) is 6.54 Å². The van der Waals surface area contributed by atoms with E-state index in [0.717, 1.165) is 18.4 Å². The van der Waals surface area contributed by atoms with Gasteiger partial charge in [0.05, 0.1) is 15.7 Å². The Morgan fingerprint density at radius 3 is 2.62 bits per heavy atom. The number of aliphatic carboxylic acids is 1. The van der Waals surface area contributed by atoms with E-state index in [0.29, 0.717) is 28.2 Å². The summed E-state index contributed by atoms with van der Waals surface area (Å²) in [5.74, 6) is -0.661. The number of carbonyl (C=O) groups is 2. The number of amides is 2. The number of carboxylic acid groups (broad SMARTS) is 1. The molecule has 21 heavy (non-hydrogen) atoms. The van der Waals surface area contributed by atoms with Gasteiger partial charge >= 0.3 is 12.0 Å². The fraction of sp³-hybridized carbons (Fsp3) is 0.429. The summed E-state index contributed by atoms with van der Waals surface area (Å²) in [4.78, 5) is 24.4. The lowest BCUT2D eigenvalue weighted by atomic mass is 10.2. The first kappa shape index (κ1) is 15.9. The van der Waals surface area contributed by atoms with Crippen LogP contribution in [0.2, 0.25) is 10.0 Å². The zero-order valence-corrected chi connectivity index (χ0v) is 13.0. The largest absolute Gasteiger partial charge is 0.480 e. The maximum absolute atomic E-state index is 12.3. The molecule has 0 radical (unpaired) electrons. The molecule has 0 spiro atoms. The number of nitrogens with zero attached hydrogens (tertiary/aromatic N) is 1. The molecule has 2 amide bonds. The number of anilines is 1. The second-order valence-corrected chi connectivity index (χ2v) is 5.99. The molecule has 0 aromatic heterocycles. The average Bonchev–Trinajstić information content (AvgIpc) is 3.21. The molecular formula is C14H16Cl2N2O3. The van der Waals surface area contributed by atoms with Crippen molar-refractivity contribution in [2.24, 2.45) is 5.92 Å². The first-order chi connectivity index (χ1) is 9.88. The second-order valence-electron chi connectivity index (χ2n) is 5.20. The third-order valence-corrected chi connectivity index (χ3v) is 4.11. The predicted octanol–water partition coefficient (Wildman–Crippen LogP) is 3.63. The summed E-state index contributed by atoms with van der Waals surface area (Å²) in [5.41, 5.74) is 1.10. The quantitative estimate of drug-likeness (QED) is 0.866. The summed E-state index contributed by atoms with van der Waals surface area (Å²) >= 11 is 12.2. The number of benzene rings is 1. The first-order valence-corrected chi connectivity index (χ1v) is 7.36. The number of carboxylic acids is 1. The lowest BCUT2D eigenvalue weighted by Gasteiger charge is -2.22. The Morgan fingerprint density at radius 1 is 1.38 bits per heavy atom. The van der Waals surface area contributed by atoms with Crippen molar-refractivity contribution in [3.8, 4) is 0 Å². The third kappa shape index (κ3) is 4.25. The Balaban J connectivity index is 2.14. The zero-order valence-electron chi connectivity index (χ0n) is 11.5. The van der Waals surface area contributed by atoms with Crippen LogP contribution in [0.1, 0.15) is 18.4 Å². The Kier molecular flexibility index (Phi) is 4.96. The van der Waals surface area contributed by atoms with Crippen LogP contribution >= 0.6 is 23.2 Å². The molecule has 1 aliphatic rings. The van der Waals surface area contributed by atoms with Gasteiger partial charge in [-0.2, -0.15) is 0 Å². The van der Waals surface area contributed by atoms with Crippen LogP contribution in [0.15, 0.2) is 12.1 Å². The van der Waals surface area contributed by atoms with Gasteiger partial charge in [0.25, 0.3) is 0 Å². The molecule has 1 aliphatic carbocycles. The van der Waals surface area contributed by atoms with Crippen molar-refractivity contribution in [3.05, 3.63) is 27.7 Å². The lowest BCUT2D eigenvalue weighted by Crippen LogP contribution is -2.40. The molecule has 5 nitrogen and oxygen atoms in total. The van der Waals surface area contributed by atoms with Crippen molar-refractivity contribution in [2.75, 3.05) is 18.4 Å². The van der Waals surface area contributed by atoms with Gasteiger partial charge in [-0.3, -0.25) is 4.79 Å². The van der Waals surface area contributed by atoms with Gasteiger partial charge in [-0.15, -0.1) is 0 Å². The van der Waals surface area contributed by atoms with Crippen molar-refractivity contribution in [1.82, 2.24) is 4.90 Å². The average molecular weight is 331 g/mol. The molecule has 0 aliphatic heterocycles. The molecule has 0 unspecified atom stereocenters. The smallest absolute Gasteiger partial charge is 0.323 e. The second kappa shape index (κ2) is 6.54. The molecule has 114 valence electrons. The van der Waals surface area contributed by atoms with Crippen molar-refractivity contribution in [2.45, 2.75) is 19.8 Å². The minimum atomic E-state index is -1.05. The third-order valence-electron chi connectivity index (χ3n) is 3.30. The molecular weight excluding hydrogens is 315 g/mol. The van der Waals surface area contributed by atoms with E-state index in [-0.39, 0.29) is 6.54 Å². The van der Waals surface area contributed by atoms with Gasteiger partial charge in [-0.1, -0.05) is 29.3 Å². The van der Waals surface area contributed by atoms with E-state index < -0.39 is 12.0 Å². The van der Waals surface area contributed by atoms with Gasteiger partial charge in [0.15, 0.2) is 0 Å². The summed E-state index contributed by atoms with van der Waals surface area (Å²) in [5, 5.41) is 12.2. The van der Waals surface area contributed by atoms with E-state index in [4.69, 9.17) is 28.3 Å². The minimum Gasteiger partial charge on any atom is -0.480 e. The Hall–Kier alpha value is -1.46. The molecule has 2 N–H and O–H groups in total. The van der Waals surface area contributed by atoms with E-state index in [1.807, 2.05) is 0 Å². The number of halogens is 2. The fourth-order valence-corrected chi connectivity index (χ4v) is 2.42. The highest BCUT2D eigenvalue weighted by Gasteiger charge is 2.28. The molecule has 0 bridgehead atoms. The summed E-state index contributed by atoms with van der Waals surface area (Å²) in [6.45, 7) is 1.89. The number of hydrogen-bond acceptors (Lipinski definition) is 2. The molecule has 0 saturated heterocycles. The van der Waals surface area contributed by atoms with Gasteiger partial charge in [0.2, 0.25) is 0 Å². The van der Waals surface area contributed by atoms with Crippen LogP contribution < -0.4 is 5.32 Å². The lowest BCUT2D eigenvalue weighted by molar-refractivity contribution is -0.137. The standard InChI is InChI=1S/C14H16Cl2N2O3/c1-8-2-5-10(15)13(12(8)16)17-14(21)18(7-11(19)20)6-9-3-4-9/h2,5,9H,3-4,6-7H2,1H3,(H,17,21)(H,19,20). The molecule has 1 saturated carbocycles. The van der Waals surface area contributed by atoms with Gasteiger partial charge < -0.3 is 15.3 Å². The summed E-state index contributed by atoms with van der Waals surface area (Å²) < 4.78 is 0. The number of aryl methyl sites for hydroxylation is 1. The van der Waals surface area contributed by atoms with Crippen molar-refractivity contribution in [1.29, 1.82) is 0 Å². The van der Waals surface area contributed by atoms with Crippen molar-refractivity contribution < 1.29 is 14.7 Å². The van der Waals surface area contributed by atoms with E-state index in [9.17, 15) is 9.59 Å². The molecule has 2 rings (SSSR count). The summed E-state index contributed by atoms with van der Waals surface area (Å²) in [7, 11) is 0. The summed E-state index contributed by atoms with van der Waals surface area (Å²) in [6.07, 6.45) is 2.05. The van der Waals surface area contributed by atoms with Gasteiger partial charge in [0.1, 0.15) is 6.54 Å². The Morgan fingerprint density at radius 2 is 2.05 bits per heavy atom. The zero-order chi connectivity index (χ0) is 15.6. The van der Waals surface area contributed by atoms with E-state index >= 15 is 0 Å². The maximum atomic E-state index is 12.3. The number of hydrogen-bond donors (Lipinski definition) is 2. The predicted molar refractivity (Wildman–Crippen MR) is 82.2 cm³/mol. The Bertz CT molecular complexity index is 574. The van der Waals surface area contributed by atoms with Crippen LogP contribution in [-0.2, 0) is 4.79 Å². The van der Waals surface area contributed by atoms with Gasteiger partial charge in [-0.05, 0) is 37.3 Å². The molecule has 1 fully saturated rings. The Labute approximate surface area is 132 Å². The molecule has 0 atom stereocenters. The molecule has 1 aromatic rings. The maximum Gasteiger partial charge on any atom is 0.323 e. The van der Waals surface area contributed by atoms with Crippen molar-refractivity contribution >= 4 is 40.9 Å². The highest BCUT2D eigenvalue weighted by molar-refractivity contribution is 6.40. The van der Waals surface area contributed by atoms with E-state index in [1.165, 1.54) is 4.90 Å². The van der Waals surface area contributed by atoms with Crippen LogP contribution in [-0.4, -0.2) is 35.1 Å². The highest BCUT2D eigenvalue weighted by atomic mass is 35.5. The number of rotatable bonds is 5. The molecule has 1 aromatic carbocycles. The number of nitrogens with one attached hydrogen (secondary N) is 1. The number of carbonyl (C=O) groups excluding carboxylic acids is 1. The van der Waals surface area contributed by atoms with Crippen LogP contribution in [0.5, 0.6) is 0 Å².